The van der Waals surface area contributed by atoms with Crippen LogP contribution < -0.4 is 9.47 Å². The van der Waals surface area contributed by atoms with Crippen molar-refractivity contribution in [2.24, 2.45) is 5.92 Å². The molecule has 29 heavy (non-hydrogen) atoms. The molecule has 1 aliphatic rings. The predicted octanol–water partition coefficient (Wildman–Crippen LogP) is 3.78. The second-order valence-corrected chi connectivity index (χ2v) is 7.32. The minimum atomic E-state index is -0.775. The van der Waals surface area contributed by atoms with E-state index < -0.39 is 17.7 Å². The standard InChI is InChI=1S/C23H25NO5/c1-14(2)13-24-20(17-12-16(28-3)10-11-18(17)29-4)19(22(26)23(24)27)21(25)15-8-6-5-7-9-15/h5-12,14,20,25H,13H2,1-4H3/t20-/m0/s1. The van der Waals surface area contributed by atoms with Crippen LogP contribution in [0.2, 0.25) is 0 Å². The van der Waals surface area contributed by atoms with Gasteiger partial charge in [0.2, 0.25) is 0 Å². The van der Waals surface area contributed by atoms with E-state index in [0.29, 0.717) is 29.2 Å². The van der Waals surface area contributed by atoms with Crippen molar-refractivity contribution in [1.29, 1.82) is 0 Å². The zero-order valence-corrected chi connectivity index (χ0v) is 17.0. The lowest BCUT2D eigenvalue weighted by atomic mass is 9.94. The number of aliphatic hydroxyl groups excluding tert-OH is 1. The Balaban J connectivity index is 2.27. The molecule has 0 spiro atoms. The zero-order chi connectivity index (χ0) is 21.1. The van der Waals surface area contributed by atoms with Gasteiger partial charge in [-0.1, -0.05) is 44.2 Å². The van der Waals surface area contributed by atoms with Gasteiger partial charge in [0.05, 0.1) is 25.8 Å². The number of aliphatic hydroxyl groups is 1. The summed E-state index contributed by atoms with van der Waals surface area (Å²) < 4.78 is 10.8. The third kappa shape index (κ3) is 3.83. The fourth-order valence-corrected chi connectivity index (χ4v) is 3.59. The first-order chi connectivity index (χ1) is 13.9. The van der Waals surface area contributed by atoms with Gasteiger partial charge in [-0.25, -0.2) is 0 Å². The molecule has 1 fully saturated rings. The number of carbonyl (C=O) groups excluding carboxylic acids is 2. The summed E-state index contributed by atoms with van der Waals surface area (Å²) in [4.78, 5) is 27.4. The van der Waals surface area contributed by atoms with Crippen LogP contribution in [0.5, 0.6) is 11.5 Å². The summed E-state index contributed by atoms with van der Waals surface area (Å²) in [5.41, 5.74) is 1.11. The van der Waals surface area contributed by atoms with Crippen LogP contribution in [0.25, 0.3) is 5.76 Å². The molecular weight excluding hydrogens is 370 g/mol. The topological polar surface area (TPSA) is 76.1 Å². The number of hydrogen-bond acceptors (Lipinski definition) is 5. The fraction of sp³-hybridized carbons (Fsp3) is 0.304. The molecule has 1 saturated heterocycles. The number of ether oxygens (including phenoxy) is 2. The lowest BCUT2D eigenvalue weighted by Crippen LogP contribution is -2.33. The summed E-state index contributed by atoms with van der Waals surface area (Å²) in [5.74, 6) is -0.344. The van der Waals surface area contributed by atoms with Gasteiger partial charge >= 0.3 is 0 Å². The van der Waals surface area contributed by atoms with E-state index in [2.05, 4.69) is 0 Å². The smallest absolute Gasteiger partial charge is 0.295 e. The minimum absolute atomic E-state index is 0.0494. The van der Waals surface area contributed by atoms with Crippen molar-refractivity contribution in [2.75, 3.05) is 20.8 Å². The van der Waals surface area contributed by atoms with Gasteiger partial charge in [-0.3, -0.25) is 9.59 Å². The first-order valence-corrected chi connectivity index (χ1v) is 9.44. The van der Waals surface area contributed by atoms with Crippen LogP contribution in [-0.4, -0.2) is 42.5 Å². The van der Waals surface area contributed by atoms with E-state index in [0.717, 1.165) is 0 Å². The number of methoxy groups -OCH3 is 2. The largest absolute Gasteiger partial charge is 0.507 e. The van der Waals surface area contributed by atoms with Gasteiger partial charge in [0.25, 0.3) is 11.7 Å². The fourth-order valence-electron chi connectivity index (χ4n) is 3.59. The minimum Gasteiger partial charge on any atom is -0.507 e. The van der Waals surface area contributed by atoms with Crippen LogP contribution in [0.15, 0.2) is 54.1 Å². The lowest BCUT2D eigenvalue weighted by Gasteiger charge is -2.28. The molecule has 152 valence electrons. The maximum Gasteiger partial charge on any atom is 0.295 e. The number of likely N-dealkylation sites (tertiary alicyclic amines) is 1. The molecule has 6 heteroatoms. The van der Waals surface area contributed by atoms with E-state index in [9.17, 15) is 14.7 Å². The third-order valence-electron chi connectivity index (χ3n) is 4.88. The molecule has 0 bridgehead atoms. The molecule has 0 saturated carbocycles. The number of Topliss-reactive ketones (excluding diaryl/α,β-unsaturated/α-hetero) is 1. The Morgan fingerprint density at radius 2 is 1.76 bits per heavy atom. The highest BCUT2D eigenvalue weighted by Crippen LogP contribution is 2.44. The summed E-state index contributed by atoms with van der Waals surface area (Å²) in [6.45, 7) is 4.30. The van der Waals surface area contributed by atoms with Crippen molar-refractivity contribution < 1.29 is 24.2 Å². The average Bonchev–Trinajstić information content (AvgIpc) is 2.97. The highest BCUT2D eigenvalue weighted by molar-refractivity contribution is 6.46. The normalized spacial score (nSPS) is 18.4. The van der Waals surface area contributed by atoms with Crippen LogP contribution in [0.3, 0.4) is 0 Å². The predicted molar refractivity (Wildman–Crippen MR) is 110 cm³/mol. The molecule has 2 aromatic carbocycles. The maximum atomic E-state index is 13.0. The van der Waals surface area contributed by atoms with Gasteiger partial charge < -0.3 is 19.5 Å². The molecule has 1 amide bonds. The Morgan fingerprint density at radius 1 is 1.07 bits per heavy atom. The average molecular weight is 395 g/mol. The molecule has 1 aliphatic heterocycles. The number of carbonyl (C=O) groups is 2. The van der Waals surface area contributed by atoms with Crippen molar-refractivity contribution in [3.05, 3.63) is 65.2 Å². The molecule has 0 aliphatic carbocycles. The monoisotopic (exact) mass is 395 g/mol. The van der Waals surface area contributed by atoms with Gasteiger partial charge in [-0.05, 0) is 24.1 Å². The molecule has 0 radical (unpaired) electrons. The number of ketones is 1. The summed E-state index contributed by atoms with van der Waals surface area (Å²) in [7, 11) is 3.07. The van der Waals surface area contributed by atoms with E-state index in [4.69, 9.17) is 9.47 Å². The van der Waals surface area contributed by atoms with Crippen LogP contribution in [0, 0.1) is 5.92 Å². The van der Waals surface area contributed by atoms with E-state index in [1.165, 1.54) is 12.0 Å². The summed E-state index contributed by atoms with van der Waals surface area (Å²) in [5, 5.41) is 11.0. The van der Waals surface area contributed by atoms with E-state index in [1.807, 2.05) is 19.9 Å². The van der Waals surface area contributed by atoms with E-state index in [-0.39, 0.29) is 17.3 Å². The van der Waals surface area contributed by atoms with Crippen LogP contribution in [-0.2, 0) is 9.59 Å². The Kier molecular flexibility index (Phi) is 5.92. The van der Waals surface area contributed by atoms with Crippen molar-refractivity contribution in [3.8, 4) is 11.5 Å². The molecule has 1 N–H and O–H groups in total. The van der Waals surface area contributed by atoms with Gasteiger partial charge in [0, 0.05) is 17.7 Å². The number of rotatable bonds is 6. The Labute approximate surface area is 170 Å². The Morgan fingerprint density at radius 3 is 2.34 bits per heavy atom. The second-order valence-electron chi connectivity index (χ2n) is 7.32. The summed E-state index contributed by atoms with van der Waals surface area (Å²) >= 11 is 0. The molecule has 0 aromatic heterocycles. The maximum absolute atomic E-state index is 13.0. The van der Waals surface area contributed by atoms with Gasteiger partial charge in [0.1, 0.15) is 17.3 Å². The molecule has 6 nitrogen and oxygen atoms in total. The molecule has 3 rings (SSSR count). The summed E-state index contributed by atoms with van der Waals surface area (Å²) in [6.07, 6.45) is 0. The van der Waals surface area contributed by atoms with Crippen molar-refractivity contribution in [1.82, 2.24) is 4.90 Å². The first-order valence-electron chi connectivity index (χ1n) is 9.44. The molecule has 1 atom stereocenters. The van der Waals surface area contributed by atoms with Crippen molar-refractivity contribution >= 4 is 17.4 Å². The van der Waals surface area contributed by atoms with Crippen molar-refractivity contribution in [3.63, 3.8) is 0 Å². The highest BCUT2D eigenvalue weighted by Gasteiger charge is 2.47. The number of nitrogens with zero attached hydrogens (tertiary/aromatic N) is 1. The third-order valence-corrected chi connectivity index (χ3v) is 4.88. The van der Waals surface area contributed by atoms with E-state index >= 15 is 0 Å². The number of hydrogen-bond donors (Lipinski definition) is 1. The van der Waals surface area contributed by atoms with Crippen LogP contribution in [0.1, 0.15) is 31.0 Å². The summed E-state index contributed by atoms with van der Waals surface area (Å²) in [6, 6.07) is 13.2. The number of benzene rings is 2. The van der Waals surface area contributed by atoms with Gasteiger partial charge in [0.15, 0.2) is 0 Å². The molecular formula is C23H25NO5. The lowest BCUT2D eigenvalue weighted by molar-refractivity contribution is -0.140. The number of amides is 1. The molecule has 1 heterocycles. The molecule has 2 aromatic rings. The molecule has 0 unspecified atom stereocenters. The van der Waals surface area contributed by atoms with Gasteiger partial charge in [-0.15, -0.1) is 0 Å². The Hall–Kier alpha value is -3.28. The first kappa shape index (κ1) is 20.5. The highest BCUT2D eigenvalue weighted by atomic mass is 16.5. The van der Waals surface area contributed by atoms with Crippen LogP contribution >= 0.6 is 0 Å². The quantitative estimate of drug-likeness (QED) is 0.458. The zero-order valence-electron chi connectivity index (χ0n) is 17.0. The van der Waals surface area contributed by atoms with E-state index in [1.54, 1.807) is 49.6 Å². The van der Waals surface area contributed by atoms with Crippen LogP contribution in [0.4, 0.5) is 0 Å². The Bertz CT molecular complexity index is 949. The van der Waals surface area contributed by atoms with Crippen molar-refractivity contribution in [2.45, 2.75) is 19.9 Å². The van der Waals surface area contributed by atoms with Gasteiger partial charge in [-0.2, -0.15) is 0 Å². The SMILES string of the molecule is COc1ccc(OC)c([C@H]2C(=C(O)c3ccccc3)C(=O)C(=O)N2CC(C)C)c1. The second kappa shape index (κ2) is 8.39.